The standard InChI is InChI=1S/C29H34N2O2/c1-5-21-10-13-23(14-11-21)29-30-20(3)27(31(29)4)9-7-8-22-12-17-26-24(18-22)15-16-25(26)19-28(32)33-6-2/h5,10-14,17-18,25H,1,6-9,15-16,19H2,2-4H3/t25-/m0/s1. The minimum atomic E-state index is -0.0815. The number of carbonyl (C=O) groups excluding carboxylic acids is 1. The number of hydrogen-bond acceptors (Lipinski definition) is 3. The molecule has 3 aromatic rings. The molecule has 2 aromatic carbocycles. The summed E-state index contributed by atoms with van der Waals surface area (Å²) in [6, 6.07) is 15.2. The molecule has 1 aliphatic rings. The van der Waals surface area contributed by atoms with E-state index < -0.39 is 0 Å². The van der Waals surface area contributed by atoms with E-state index in [2.05, 4.69) is 67.6 Å². The summed E-state index contributed by atoms with van der Waals surface area (Å²) in [6.45, 7) is 8.25. The van der Waals surface area contributed by atoms with Crippen molar-refractivity contribution < 1.29 is 9.53 Å². The van der Waals surface area contributed by atoms with Crippen LogP contribution in [0, 0.1) is 6.92 Å². The van der Waals surface area contributed by atoms with Gasteiger partial charge in [-0.1, -0.05) is 55.1 Å². The molecule has 0 saturated heterocycles. The summed E-state index contributed by atoms with van der Waals surface area (Å²) >= 11 is 0. The number of imidazole rings is 1. The van der Waals surface area contributed by atoms with E-state index in [0.717, 1.165) is 54.7 Å². The summed E-state index contributed by atoms with van der Waals surface area (Å²) in [7, 11) is 2.12. The molecule has 0 aliphatic heterocycles. The predicted molar refractivity (Wildman–Crippen MR) is 134 cm³/mol. The average molecular weight is 443 g/mol. The smallest absolute Gasteiger partial charge is 0.306 e. The molecule has 33 heavy (non-hydrogen) atoms. The first-order valence-corrected chi connectivity index (χ1v) is 12.0. The van der Waals surface area contributed by atoms with E-state index in [1.54, 1.807) is 0 Å². The molecular formula is C29H34N2O2. The summed E-state index contributed by atoms with van der Waals surface area (Å²) in [4.78, 5) is 16.7. The molecule has 0 spiro atoms. The third-order valence-corrected chi connectivity index (χ3v) is 6.83. The Balaban J connectivity index is 1.38. The van der Waals surface area contributed by atoms with E-state index in [9.17, 15) is 4.79 Å². The van der Waals surface area contributed by atoms with Crippen LogP contribution in [-0.2, 0) is 35.8 Å². The van der Waals surface area contributed by atoms with Gasteiger partial charge in [-0.15, -0.1) is 0 Å². The predicted octanol–water partition coefficient (Wildman–Crippen LogP) is 6.20. The minimum Gasteiger partial charge on any atom is -0.466 e. The van der Waals surface area contributed by atoms with Gasteiger partial charge in [-0.2, -0.15) is 0 Å². The summed E-state index contributed by atoms with van der Waals surface area (Å²) < 4.78 is 7.38. The highest BCUT2D eigenvalue weighted by molar-refractivity contribution is 5.71. The lowest BCUT2D eigenvalue weighted by molar-refractivity contribution is -0.143. The van der Waals surface area contributed by atoms with Crippen LogP contribution >= 0.6 is 0 Å². The Labute approximate surface area is 197 Å². The van der Waals surface area contributed by atoms with Crippen molar-refractivity contribution in [2.24, 2.45) is 7.05 Å². The molecule has 0 fully saturated rings. The maximum atomic E-state index is 11.9. The Bertz CT molecular complexity index is 1140. The van der Waals surface area contributed by atoms with E-state index in [-0.39, 0.29) is 5.97 Å². The van der Waals surface area contributed by atoms with Gasteiger partial charge in [-0.3, -0.25) is 4.79 Å². The highest BCUT2D eigenvalue weighted by Gasteiger charge is 2.25. The molecule has 0 unspecified atom stereocenters. The number of esters is 1. The topological polar surface area (TPSA) is 44.1 Å². The monoisotopic (exact) mass is 442 g/mol. The molecule has 4 nitrogen and oxygen atoms in total. The van der Waals surface area contributed by atoms with Crippen molar-refractivity contribution in [2.75, 3.05) is 6.61 Å². The third kappa shape index (κ3) is 5.11. The van der Waals surface area contributed by atoms with E-state index in [0.29, 0.717) is 18.9 Å². The average Bonchev–Trinajstić information content (AvgIpc) is 3.34. The van der Waals surface area contributed by atoms with Gasteiger partial charge in [-0.05, 0) is 74.1 Å². The second-order valence-corrected chi connectivity index (χ2v) is 8.98. The molecule has 1 atom stereocenters. The zero-order valence-electron chi connectivity index (χ0n) is 20.1. The molecule has 1 aromatic heterocycles. The van der Waals surface area contributed by atoms with Gasteiger partial charge >= 0.3 is 5.97 Å². The Morgan fingerprint density at radius 3 is 2.73 bits per heavy atom. The fourth-order valence-corrected chi connectivity index (χ4v) is 5.05. The lowest BCUT2D eigenvalue weighted by Gasteiger charge is -2.12. The Morgan fingerprint density at radius 1 is 1.21 bits per heavy atom. The molecule has 172 valence electrons. The highest BCUT2D eigenvalue weighted by atomic mass is 16.5. The first-order chi connectivity index (χ1) is 16.0. The maximum Gasteiger partial charge on any atom is 0.306 e. The largest absolute Gasteiger partial charge is 0.466 e. The van der Waals surface area contributed by atoms with Gasteiger partial charge in [-0.25, -0.2) is 4.98 Å². The molecule has 1 heterocycles. The van der Waals surface area contributed by atoms with Crippen LogP contribution in [0.4, 0.5) is 0 Å². The van der Waals surface area contributed by atoms with E-state index in [1.165, 1.54) is 22.4 Å². The van der Waals surface area contributed by atoms with Gasteiger partial charge < -0.3 is 9.30 Å². The van der Waals surface area contributed by atoms with Gasteiger partial charge in [0.1, 0.15) is 5.82 Å². The van der Waals surface area contributed by atoms with Crippen molar-refractivity contribution in [1.29, 1.82) is 0 Å². The van der Waals surface area contributed by atoms with Crippen molar-refractivity contribution >= 4 is 12.0 Å². The maximum absolute atomic E-state index is 11.9. The van der Waals surface area contributed by atoms with E-state index in [4.69, 9.17) is 9.72 Å². The van der Waals surface area contributed by atoms with Crippen molar-refractivity contribution in [3.8, 4) is 11.4 Å². The number of benzene rings is 2. The van der Waals surface area contributed by atoms with Crippen molar-refractivity contribution in [2.45, 2.75) is 58.3 Å². The Hall–Kier alpha value is -3.14. The highest BCUT2D eigenvalue weighted by Crippen LogP contribution is 2.36. The zero-order valence-corrected chi connectivity index (χ0v) is 20.1. The number of rotatable bonds is 9. The number of aryl methyl sites for hydroxylation is 3. The SMILES string of the molecule is C=Cc1ccc(-c2nc(C)c(CCCc3ccc4c(c3)CC[C@H]4CC(=O)OCC)n2C)cc1. The van der Waals surface area contributed by atoms with Gasteiger partial charge in [0.15, 0.2) is 0 Å². The number of nitrogens with zero attached hydrogens (tertiary/aromatic N) is 2. The van der Waals surface area contributed by atoms with Crippen LogP contribution in [0.5, 0.6) is 0 Å². The second-order valence-electron chi connectivity index (χ2n) is 8.98. The summed E-state index contributed by atoms with van der Waals surface area (Å²) in [5.41, 5.74) is 8.78. The molecule has 1 aliphatic carbocycles. The number of carbonyl (C=O) groups is 1. The zero-order chi connectivity index (χ0) is 23.4. The Morgan fingerprint density at radius 2 is 2.00 bits per heavy atom. The Kier molecular flexibility index (Phi) is 7.12. The number of aromatic nitrogens is 2. The van der Waals surface area contributed by atoms with Crippen LogP contribution < -0.4 is 0 Å². The van der Waals surface area contributed by atoms with Crippen molar-refractivity contribution in [1.82, 2.24) is 9.55 Å². The van der Waals surface area contributed by atoms with Gasteiger partial charge in [0, 0.05) is 18.3 Å². The molecule has 0 amide bonds. The molecule has 0 saturated carbocycles. The lowest BCUT2D eigenvalue weighted by atomic mass is 9.95. The number of fused-ring (bicyclic) bond motifs is 1. The van der Waals surface area contributed by atoms with Gasteiger partial charge in [0.2, 0.25) is 0 Å². The normalized spacial score (nSPS) is 14.8. The molecule has 0 radical (unpaired) electrons. The fraction of sp³-hybridized carbons (Fsp3) is 0.379. The third-order valence-electron chi connectivity index (χ3n) is 6.83. The summed E-state index contributed by atoms with van der Waals surface area (Å²) in [6.07, 6.45) is 7.59. The first-order valence-electron chi connectivity index (χ1n) is 12.0. The molecule has 0 bridgehead atoms. The second kappa shape index (κ2) is 10.2. The minimum absolute atomic E-state index is 0.0815. The quantitative estimate of drug-likeness (QED) is 0.371. The van der Waals surface area contributed by atoms with Gasteiger partial charge in [0.25, 0.3) is 0 Å². The van der Waals surface area contributed by atoms with Crippen LogP contribution in [0.3, 0.4) is 0 Å². The lowest BCUT2D eigenvalue weighted by Crippen LogP contribution is -2.08. The van der Waals surface area contributed by atoms with Crippen molar-refractivity contribution in [3.05, 3.63) is 82.7 Å². The molecule has 0 N–H and O–H groups in total. The van der Waals surface area contributed by atoms with Crippen LogP contribution in [0.1, 0.15) is 65.7 Å². The molecule has 4 heteroatoms. The van der Waals surface area contributed by atoms with Gasteiger partial charge in [0.05, 0.1) is 18.7 Å². The van der Waals surface area contributed by atoms with E-state index in [1.807, 2.05) is 13.0 Å². The van der Waals surface area contributed by atoms with Crippen LogP contribution in [0.2, 0.25) is 0 Å². The molecular weight excluding hydrogens is 408 g/mol. The fourth-order valence-electron chi connectivity index (χ4n) is 5.05. The number of hydrogen-bond donors (Lipinski definition) is 0. The first kappa shape index (κ1) is 23.0. The van der Waals surface area contributed by atoms with E-state index >= 15 is 0 Å². The summed E-state index contributed by atoms with van der Waals surface area (Å²) in [5.74, 6) is 1.24. The van der Waals surface area contributed by atoms with Crippen LogP contribution in [0.15, 0.2) is 49.0 Å². The van der Waals surface area contributed by atoms with Crippen LogP contribution in [0.25, 0.3) is 17.5 Å². The van der Waals surface area contributed by atoms with Crippen molar-refractivity contribution in [3.63, 3.8) is 0 Å². The molecule has 4 rings (SSSR count). The van der Waals surface area contributed by atoms with Crippen LogP contribution in [-0.4, -0.2) is 22.1 Å². The summed E-state index contributed by atoms with van der Waals surface area (Å²) in [5, 5.41) is 0. The number of ether oxygens (including phenoxy) is 1.